The number of hydrogen-bond donors (Lipinski definition) is 1. The molecule has 8 nitrogen and oxygen atoms in total. The van der Waals surface area contributed by atoms with Crippen molar-refractivity contribution in [1.82, 2.24) is 35.2 Å². The first-order chi connectivity index (χ1) is 15.2. The third kappa shape index (κ3) is 3.31. The summed E-state index contributed by atoms with van der Waals surface area (Å²) in [6.07, 6.45) is 2.80. The van der Waals surface area contributed by atoms with Gasteiger partial charge in [-0.15, -0.1) is 10.2 Å². The van der Waals surface area contributed by atoms with Crippen LogP contribution in [0.2, 0.25) is 0 Å². The second-order valence-corrected chi connectivity index (χ2v) is 7.40. The average molecular weight is 410 g/mol. The summed E-state index contributed by atoms with van der Waals surface area (Å²) in [6, 6.07) is 18.5. The first-order valence-corrected chi connectivity index (χ1v) is 10.2. The van der Waals surface area contributed by atoms with Crippen LogP contribution in [0.4, 0.5) is 11.5 Å². The molecule has 0 saturated heterocycles. The van der Waals surface area contributed by atoms with Crippen LogP contribution in [0.1, 0.15) is 18.2 Å². The van der Waals surface area contributed by atoms with Gasteiger partial charge in [-0.3, -0.25) is 0 Å². The summed E-state index contributed by atoms with van der Waals surface area (Å²) in [5, 5.41) is 19.0. The van der Waals surface area contributed by atoms with E-state index >= 15 is 0 Å². The van der Waals surface area contributed by atoms with Gasteiger partial charge in [0.15, 0.2) is 5.65 Å². The lowest BCUT2D eigenvalue weighted by atomic mass is 9.99. The molecule has 31 heavy (non-hydrogen) atoms. The molecule has 3 heterocycles. The molecule has 1 N–H and O–H groups in total. The van der Waals surface area contributed by atoms with Gasteiger partial charge < -0.3 is 4.90 Å². The standard InChI is InChI=1S/C23H22N8/c1-4-16-14-24-31-21(13-15(2)25-23(16)31)30(3)18-11-9-17(10-12-18)19-7-5-6-8-20(19)22-26-28-29-27-22/h5-14H,4H2,1-3H3,(H,26,27,28,29). The Hall–Kier alpha value is -4.07. The predicted molar refractivity (Wildman–Crippen MR) is 120 cm³/mol. The molecule has 154 valence electrons. The van der Waals surface area contributed by atoms with Crippen LogP contribution in [0.25, 0.3) is 28.2 Å². The lowest BCUT2D eigenvalue weighted by Gasteiger charge is -2.21. The fraction of sp³-hybridized carbons (Fsp3) is 0.174. The van der Waals surface area contributed by atoms with Crippen molar-refractivity contribution in [3.05, 3.63) is 72.1 Å². The van der Waals surface area contributed by atoms with Crippen LogP contribution < -0.4 is 4.90 Å². The molecule has 5 rings (SSSR count). The van der Waals surface area contributed by atoms with E-state index in [1.165, 1.54) is 0 Å². The van der Waals surface area contributed by atoms with Gasteiger partial charge in [0.2, 0.25) is 5.82 Å². The van der Waals surface area contributed by atoms with E-state index in [0.717, 1.165) is 51.5 Å². The SMILES string of the molecule is CCc1cnn2c(N(C)c3ccc(-c4ccccc4-c4nn[nH]n4)cc3)cc(C)nc12. The maximum atomic E-state index is 4.69. The largest absolute Gasteiger partial charge is 0.329 e. The number of nitrogens with one attached hydrogen (secondary N) is 1. The minimum atomic E-state index is 0.580. The van der Waals surface area contributed by atoms with Crippen molar-refractivity contribution in [3.63, 3.8) is 0 Å². The molecule has 8 heteroatoms. The minimum absolute atomic E-state index is 0.580. The zero-order valence-electron chi connectivity index (χ0n) is 17.6. The number of hydrogen-bond acceptors (Lipinski definition) is 6. The number of aromatic nitrogens is 7. The Bertz CT molecular complexity index is 1340. The molecule has 0 unspecified atom stereocenters. The van der Waals surface area contributed by atoms with E-state index in [9.17, 15) is 0 Å². The molecule has 0 saturated carbocycles. The summed E-state index contributed by atoms with van der Waals surface area (Å²) in [5.41, 5.74) is 7.16. The second-order valence-electron chi connectivity index (χ2n) is 7.40. The minimum Gasteiger partial charge on any atom is -0.329 e. The molecule has 0 aliphatic carbocycles. The Morgan fingerprint density at radius 1 is 1.03 bits per heavy atom. The highest BCUT2D eigenvalue weighted by atomic mass is 15.5. The highest BCUT2D eigenvalue weighted by molar-refractivity contribution is 5.81. The van der Waals surface area contributed by atoms with Crippen LogP contribution in [-0.4, -0.2) is 42.3 Å². The van der Waals surface area contributed by atoms with E-state index in [2.05, 4.69) is 78.9 Å². The van der Waals surface area contributed by atoms with E-state index in [1.54, 1.807) is 0 Å². The Morgan fingerprint density at radius 2 is 1.81 bits per heavy atom. The van der Waals surface area contributed by atoms with Crippen LogP contribution in [0, 0.1) is 6.92 Å². The zero-order chi connectivity index (χ0) is 21.4. The van der Waals surface area contributed by atoms with Crippen molar-refractivity contribution in [2.45, 2.75) is 20.3 Å². The monoisotopic (exact) mass is 410 g/mol. The Labute approximate surface area is 179 Å². The van der Waals surface area contributed by atoms with Gasteiger partial charge in [0, 0.05) is 35.6 Å². The van der Waals surface area contributed by atoms with Crippen LogP contribution in [-0.2, 0) is 6.42 Å². The number of nitrogens with zero attached hydrogens (tertiary/aromatic N) is 7. The molecule has 3 aromatic heterocycles. The number of benzene rings is 2. The highest BCUT2D eigenvalue weighted by Crippen LogP contribution is 2.32. The van der Waals surface area contributed by atoms with Crippen LogP contribution in [0.5, 0.6) is 0 Å². The third-order valence-electron chi connectivity index (χ3n) is 5.46. The van der Waals surface area contributed by atoms with Crippen molar-refractivity contribution >= 4 is 17.2 Å². The summed E-state index contributed by atoms with van der Waals surface area (Å²) in [5.74, 6) is 1.55. The third-order valence-corrected chi connectivity index (χ3v) is 5.46. The molecule has 2 aromatic carbocycles. The molecule has 0 aliphatic rings. The van der Waals surface area contributed by atoms with Crippen molar-refractivity contribution in [2.24, 2.45) is 0 Å². The Morgan fingerprint density at radius 3 is 2.52 bits per heavy atom. The second kappa shape index (κ2) is 7.64. The average Bonchev–Trinajstić information content (AvgIpc) is 3.48. The molecule has 0 aliphatic heterocycles. The first kappa shape index (κ1) is 18.9. The normalized spacial score (nSPS) is 11.2. The first-order valence-electron chi connectivity index (χ1n) is 10.2. The van der Waals surface area contributed by atoms with Crippen LogP contribution >= 0.6 is 0 Å². The number of aromatic amines is 1. The molecular weight excluding hydrogens is 388 g/mol. The molecule has 0 amide bonds. The smallest absolute Gasteiger partial charge is 0.205 e. The van der Waals surface area contributed by atoms with Gasteiger partial charge in [0.05, 0.1) is 6.20 Å². The fourth-order valence-corrected chi connectivity index (χ4v) is 3.80. The van der Waals surface area contributed by atoms with E-state index in [1.807, 2.05) is 42.9 Å². The molecule has 0 radical (unpaired) electrons. The lowest BCUT2D eigenvalue weighted by molar-refractivity contribution is 0.881. The zero-order valence-corrected chi connectivity index (χ0v) is 17.6. The number of aryl methyl sites for hydroxylation is 2. The van der Waals surface area contributed by atoms with E-state index in [4.69, 9.17) is 0 Å². The number of H-pyrrole nitrogens is 1. The molecular formula is C23H22N8. The summed E-state index contributed by atoms with van der Waals surface area (Å²) >= 11 is 0. The van der Waals surface area contributed by atoms with Gasteiger partial charge in [0.1, 0.15) is 5.82 Å². The van der Waals surface area contributed by atoms with Gasteiger partial charge in [-0.25, -0.2) is 4.98 Å². The number of rotatable bonds is 5. The van der Waals surface area contributed by atoms with Crippen LogP contribution in [0.3, 0.4) is 0 Å². The predicted octanol–water partition coefficient (Wildman–Crippen LogP) is 4.22. The molecule has 0 bridgehead atoms. The Kier molecular flexibility index (Phi) is 4.66. The molecule has 5 aromatic rings. The van der Waals surface area contributed by atoms with Gasteiger partial charge in [0.25, 0.3) is 0 Å². The number of fused-ring (bicyclic) bond motifs is 1. The van der Waals surface area contributed by atoms with Gasteiger partial charge in [-0.1, -0.05) is 43.3 Å². The molecule has 0 atom stereocenters. The van der Waals surface area contributed by atoms with Crippen LogP contribution in [0.15, 0.2) is 60.8 Å². The van der Waals surface area contributed by atoms with Gasteiger partial charge >= 0.3 is 0 Å². The lowest BCUT2D eigenvalue weighted by Crippen LogP contribution is -2.15. The summed E-state index contributed by atoms with van der Waals surface area (Å²) in [7, 11) is 2.05. The maximum Gasteiger partial charge on any atom is 0.205 e. The highest BCUT2D eigenvalue weighted by Gasteiger charge is 2.15. The number of tetrazole rings is 1. The van der Waals surface area contributed by atoms with E-state index in [-0.39, 0.29) is 0 Å². The quantitative estimate of drug-likeness (QED) is 0.467. The summed E-state index contributed by atoms with van der Waals surface area (Å²) in [6.45, 7) is 4.14. The van der Waals surface area contributed by atoms with E-state index in [0.29, 0.717) is 5.82 Å². The van der Waals surface area contributed by atoms with Crippen molar-refractivity contribution in [3.8, 4) is 22.5 Å². The van der Waals surface area contributed by atoms with Gasteiger partial charge in [-0.05, 0) is 41.8 Å². The van der Waals surface area contributed by atoms with Crippen molar-refractivity contribution < 1.29 is 0 Å². The van der Waals surface area contributed by atoms with Crippen molar-refractivity contribution in [1.29, 1.82) is 0 Å². The fourth-order valence-electron chi connectivity index (χ4n) is 3.80. The number of anilines is 2. The van der Waals surface area contributed by atoms with Gasteiger partial charge in [-0.2, -0.15) is 14.8 Å². The summed E-state index contributed by atoms with van der Waals surface area (Å²) in [4.78, 5) is 6.81. The summed E-state index contributed by atoms with van der Waals surface area (Å²) < 4.78 is 1.91. The molecule has 0 spiro atoms. The topological polar surface area (TPSA) is 87.9 Å². The molecule has 0 fully saturated rings. The van der Waals surface area contributed by atoms with E-state index < -0.39 is 0 Å². The maximum absolute atomic E-state index is 4.69. The Balaban J connectivity index is 1.52. The van der Waals surface area contributed by atoms with Crippen molar-refractivity contribution in [2.75, 3.05) is 11.9 Å².